The highest BCUT2D eigenvalue weighted by molar-refractivity contribution is 7.91. The number of ether oxygens (including phenoxy) is 1. The fraction of sp³-hybridized carbons (Fsp3) is 0.412. The Balaban J connectivity index is 1.82. The zero-order valence-corrected chi connectivity index (χ0v) is 15.3. The van der Waals surface area contributed by atoms with E-state index in [-0.39, 0.29) is 23.5 Å². The van der Waals surface area contributed by atoms with E-state index in [1.165, 1.54) is 4.90 Å². The van der Waals surface area contributed by atoms with Crippen LogP contribution in [0.2, 0.25) is 0 Å². The topological polar surface area (TPSA) is 81.5 Å². The van der Waals surface area contributed by atoms with E-state index in [0.717, 1.165) is 17.1 Å². The lowest BCUT2D eigenvalue weighted by molar-refractivity contribution is 0.0741. The van der Waals surface area contributed by atoms with Gasteiger partial charge in [0.15, 0.2) is 15.5 Å². The van der Waals surface area contributed by atoms with E-state index in [1.54, 1.807) is 24.9 Å². The lowest BCUT2D eigenvalue weighted by Gasteiger charge is -2.22. The van der Waals surface area contributed by atoms with Gasteiger partial charge in [-0.05, 0) is 43.7 Å². The van der Waals surface area contributed by atoms with Crippen molar-refractivity contribution in [1.29, 1.82) is 0 Å². The van der Waals surface area contributed by atoms with Crippen molar-refractivity contribution in [1.82, 2.24) is 14.7 Å². The van der Waals surface area contributed by atoms with Crippen molar-refractivity contribution in [2.75, 3.05) is 25.7 Å². The molecule has 8 heteroatoms. The number of carbonyl (C=O) groups is 1. The number of carbonyl (C=O) groups excluding carboxylic acids is 1. The van der Waals surface area contributed by atoms with Crippen LogP contribution in [0.25, 0.3) is 5.69 Å². The number of rotatable bonds is 4. The predicted octanol–water partition coefficient (Wildman–Crippen LogP) is 1.45. The Morgan fingerprint density at radius 2 is 2.00 bits per heavy atom. The van der Waals surface area contributed by atoms with Gasteiger partial charge in [-0.1, -0.05) is 0 Å². The first-order valence-electron chi connectivity index (χ1n) is 7.99. The van der Waals surface area contributed by atoms with Crippen molar-refractivity contribution in [3.05, 3.63) is 41.7 Å². The largest absolute Gasteiger partial charge is 0.497 e. The molecule has 0 N–H and O–H groups in total. The summed E-state index contributed by atoms with van der Waals surface area (Å²) in [5, 5.41) is 4.40. The maximum atomic E-state index is 12.7. The number of hydrogen-bond donors (Lipinski definition) is 0. The molecule has 7 nitrogen and oxygen atoms in total. The Labute approximate surface area is 147 Å². The smallest absolute Gasteiger partial charge is 0.274 e. The van der Waals surface area contributed by atoms with Crippen LogP contribution in [0.3, 0.4) is 0 Å². The zero-order valence-electron chi connectivity index (χ0n) is 14.5. The third-order valence-electron chi connectivity index (χ3n) is 4.50. The van der Waals surface area contributed by atoms with Crippen LogP contribution < -0.4 is 4.74 Å². The van der Waals surface area contributed by atoms with Crippen LogP contribution in [-0.2, 0) is 9.84 Å². The van der Waals surface area contributed by atoms with E-state index in [9.17, 15) is 13.2 Å². The molecule has 2 heterocycles. The predicted molar refractivity (Wildman–Crippen MR) is 94.0 cm³/mol. The molecule has 1 atom stereocenters. The molecule has 1 saturated heterocycles. The van der Waals surface area contributed by atoms with Crippen molar-refractivity contribution in [2.45, 2.75) is 19.4 Å². The molecule has 1 aromatic heterocycles. The number of hydrogen-bond acceptors (Lipinski definition) is 5. The molecule has 1 amide bonds. The molecule has 0 saturated carbocycles. The number of amides is 1. The van der Waals surface area contributed by atoms with Gasteiger partial charge in [0.05, 0.1) is 24.3 Å². The van der Waals surface area contributed by atoms with Crippen LogP contribution in [0, 0.1) is 6.92 Å². The van der Waals surface area contributed by atoms with Crippen LogP contribution in [0.4, 0.5) is 0 Å². The number of aromatic nitrogens is 2. The Kier molecular flexibility index (Phi) is 4.55. The molecule has 1 aliphatic rings. The third kappa shape index (κ3) is 3.53. The summed E-state index contributed by atoms with van der Waals surface area (Å²) in [5.41, 5.74) is 1.95. The van der Waals surface area contributed by atoms with E-state index in [4.69, 9.17) is 4.74 Å². The van der Waals surface area contributed by atoms with Crippen LogP contribution in [0.5, 0.6) is 5.75 Å². The SMILES string of the molecule is COc1ccc(-n2nc(C(=O)N(C)C3CCS(=O)(=O)C3)cc2C)cc1. The summed E-state index contributed by atoms with van der Waals surface area (Å²) in [4.78, 5) is 14.2. The minimum absolute atomic E-state index is 0.0212. The molecular weight excluding hydrogens is 342 g/mol. The van der Waals surface area contributed by atoms with Crippen LogP contribution in [-0.4, -0.2) is 60.7 Å². The summed E-state index contributed by atoms with van der Waals surface area (Å²) in [6.45, 7) is 1.87. The second-order valence-corrected chi connectivity index (χ2v) is 8.48. The number of sulfone groups is 1. The van der Waals surface area contributed by atoms with E-state index < -0.39 is 9.84 Å². The summed E-state index contributed by atoms with van der Waals surface area (Å²) in [5.74, 6) is 0.631. The Morgan fingerprint density at radius 1 is 1.32 bits per heavy atom. The van der Waals surface area contributed by atoms with Crippen molar-refractivity contribution in [2.24, 2.45) is 0 Å². The average Bonchev–Trinajstić information content (AvgIpc) is 3.16. The van der Waals surface area contributed by atoms with Crippen LogP contribution in [0.1, 0.15) is 22.6 Å². The molecule has 1 fully saturated rings. The molecule has 0 radical (unpaired) electrons. The van der Waals surface area contributed by atoms with Gasteiger partial charge < -0.3 is 9.64 Å². The summed E-state index contributed by atoms with van der Waals surface area (Å²) in [6, 6.07) is 8.80. The van der Waals surface area contributed by atoms with Gasteiger partial charge in [-0.15, -0.1) is 0 Å². The maximum Gasteiger partial charge on any atom is 0.274 e. The highest BCUT2D eigenvalue weighted by Crippen LogP contribution is 2.20. The van der Waals surface area contributed by atoms with Gasteiger partial charge in [-0.25, -0.2) is 13.1 Å². The lowest BCUT2D eigenvalue weighted by Crippen LogP contribution is -2.38. The monoisotopic (exact) mass is 363 g/mol. The summed E-state index contributed by atoms with van der Waals surface area (Å²) in [7, 11) is 0.196. The summed E-state index contributed by atoms with van der Waals surface area (Å²) >= 11 is 0. The molecule has 3 rings (SSSR count). The minimum Gasteiger partial charge on any atom is -0.497 e. The number of methoxy groups -OCH3 is 1. The van der Waals surface area contributed by atoms with Gasteiger partial charge in [0, 0.05) is 18.8 Å². The second kappa shape index (κ2) is 6.51. The number of nitrogens with zero attached hydrogens (tertiary/aromatic N) is 3. The molecule has 0 bridgehead atoms. The Hall–Kier alpha value is -2.35. The first kappa shape index (κ1) is 17.5. The van der Waals surface area contributed by atoms with E-state index in [1.807, 2.05) is 31.2 Å². The standard InChI is InChI=1S/C17H21N3O4S/c1-12-10-16(17(21)19(2)14-8-9-25(22,23)11-14)18-20(12)13-4-6-15(24-3)7-5-13/h4-7,10,14H,8-9,11H2,1-3H3. The quantitative estimate of drug-likeness (QED) is 0.821. The third-order valence-corrected chi connectivity index (χ3v) is 6.25. The normalized spacial score (nSPS) is 18.9. The first-order valence-corrected chi connectivity index (χ1v) is 9.81. The van der Waals surface area contributed by atoms with Crippen molar-refractivity contribution < 1.29 is 17.9 Å². The van der Waals surface area contributed by atoms with Gasteiger partial charge in [0.25, 0.3) is 5.91 Å². The first-order chi connectivity index (χ1) is 11.8. The van der Waals surface area contributed by atoms with Gasteiger partial charge in [-0.3, -0.25) is 4.79 Å². The van der Waals surface area contributed by atoms with E-state index in [0.29, 0.717) is 12.1 Å². The highest BCUT2D eigenvalue weighted by atomic mass is 32.2. The van der Waals surface area contributed by atoms with Crippen molar-refractivity contribution in [3.8, 4) is 11.4 Å². The van der Waals surface area contributed by atoms with Crippen LogP contribution in [0.15, 0.2) is 30.3 Å². The minimum atomic E-state index is -3.04. The van der Waals surface area contributed by atoms with Gasteiger partial charge in [0.2, 0.25) is 0 Å². The van der Waals surface area contributed by atoms with Crippen molar-refractivity contribution >= 4 is 15.7 Å². The molecule has 0 aliphatic carbocycles. The van der Waals surface area contributed by atoms with E-state index >= 15 is 0 Å². The molecule has 1 unspecified atom stereocenters. The molecule has 1 aliphatic heterocycles. The zero-order chi connectivity index (χ0) is 18.2. The van der Waals surface area contributed by atoms with E-state index in [2.05, 4.69) is 5.10 Å². The molecule has 134 valence electrons. The fourth-order valence-electron chi connectivity index (χ4n) is 2.99. The number of aryl methyl sites for hydroxylation is 1. The van der Waals surface area contributed by atoms with Gasteiger partial charge in [0.1, 0.15) is 5.75 Å². The molecule has 1 aromatic carbocycles. The lowest BCUT2D eigenvalue weighted by atomic mass is 10.2. The molecular formula is C17H21N3O4S. The van der Waals surface area contributed by atoms with Gasteiger partial charge >= 0.3 is 0 Å². The second-order valence-electron chi connectivity index (χ2n) is 6.25. The molecule has 0 spiro atoms. The van der Waals surface area contributed by atoms with Crippen LogP contribution >= 0.6 is 0 Å². The average molecular weight is 363 g/mol. The Bertz CT molecular complexity index is 887. The van der Waals surface area contributed by atoms with Gasteiger partial charge in [-0.2, -0.15) is 5.10 Å². The van der Waals surface area contributed by atoms with Crippen molar-refractivity contribution in [3.63, 3.8) is 0 Å². The Morgan fingerprint density at radius 3 is 2.56 bits per heavy atom. The summed E-state index contributed by atoms with van der Waals surface area (Å²) < 4.78 is 30.1. The summed E-state index contributed by atoms with van der Waals surface area (Å²) in [6.07, 6.45) is 0.475. The molecule has 2 aromatic rings. The highest BCUT2D eigenvalue weighted by Gasteiger charge is 2.33. The molecule has 25 heavy (non-hydrogen) atoms. The number of benzene rings is 1. The fourth-order valence-corrected chi connectivity index (χ4v) is 4.77. The maximum absolute atomic E-state index is 12.7.